The number of rotatable bonds is 3. The highest BCUT2D eigenvalue weighted by molar-refractivity contribution is 6.34. The number of carbonyl (C=O) groups excluding carboxylic acids is 1. The number of nitrogens with one attached hydrogen (secondary N) is 2. The number of hydrogen-bond donors (Lipinski definition) is 2. The first-order valence-corrected chi connectivity index (χ1v) is 5.54. The highest BCUT2D eigenvalue weighted by Crippen LogP contribution is 2.19. The average Bonchev–Trinajstić information content (AvgIpc) is 2.75. The van der Waals surface area contributed by atoms with Gasteiger partial charge in [0.05, 0.1) is 16.3 Å². The summed E-state index contributed by atoms with van der Waals surface area (Å²) in [5.41, 5.74) is 0.980. The topological polar surface area (TPSA) is 80.0 Å². The summed E-state index contributed by atoms with van der Waals surface area (Å²) in [6, 6.07) is 1.68. The van der Waals surface area contributed by atoms with E-state index in [1.165, 1.54) is 12.5 Å². The third-order valence-corrected chi connectivity index (χ3v) is 2.50. The molecule has 0 fully saturated rings. The zero-order valence-electron chi connectivity index (χ0n) is 9.82. The van der Waals surface area contributed by atoms with Gasteiger partial charge in [0.1, 0.15) is 12.1 Å². The van der Waals surface area contributed by atoms with Crippen molar-refractivity contribution < 1.29 is 9.21 Å². The van der Waals surface area contributed by atoms with Crippen LogP contribution in [0.5, 0.6) is 0 Å². The average molecular weight is 267 g/mol. The molecule has 2 N–H and O–H groups in total. The summed E-state index contributed by atoms with van der Waals surface area (Å²) in [5.74, 6) is 0.147. The molecule has 2 aromatic rings. The van der Waals surface area contributed by atoms with Crippen molar-refractivity contribution in [3.8, 4) is 0 Å². The van der Waals surface area contributed by atoms with E-state index in [4.69, 9.17) is 16.0 Å². The minimum atomic E-state index is -0.402. The minimum Gasteiger partial charge on any atom is -0.432 e. The molecule has 0 unspecified atom stereocenters. The second-order valence-electron chi connectivity index (χ2n) is 3.55. The fourth-order valence-electron chi connectivity index (χ4n) is 1.33. The van der Waals surface area contributed by atoms with Gasteiger partial charge in [-0.25, -0.2) is 4.98 Å². The van der Waals surface area contributed by atoms with Crippen molar-refractivity contribution in [2.75, 3.05) is 17.7 Å². The lowest BCUT2D eigenvalue weighted by molar-refractivity contribution is 0.102. The van der Waals surface area contributed by atoms with E-state index in [2.05, 4.69) is 20.6 Å². The van der Waals surface area contributed by atoms with E-state index in [0.29, 0.717) is 17.1 Å². The maximum atomic E-state index is 12.0. The van der Waals surface area contributed by atoms with Gasteiger partial charge in [0.15, 0.2) is 0 Å². The molecule has 2 aromatic heterocycles. The third kappa shape index (κ3) is 2.60. The second-order valence-corrected chi connectivity index (χ2v) is 3.95. The van der Waals surface area contributed by atoms with Gasteiger partial charge in [-0.2, -0.15) is 4.98 Å². The van der Waals surface area contributed by atoms with Crippen molar-refractivity contribution >= 4 is 29.3 Å². The molecular weight excluding hydrogens is 256 g/mol. The Kier molecular flexibility index (Phi) is 3.47. The molecule has 0 aliphatic carbocycles. The Bertz CT molecular complexity index is 582. The van der Waals surface area contributed by atoms with Gasteiger partial charge in [-0.15, -0.1) is 0 Å². The van der Waals surface area contributed by atoms with Gasteiger partial charge in [-0.1, -0.05) is 11.6 Å². The number of anilines is 2. The van der Waals surface area contributed by atoms with Gasteiger partial charge < -0.3 is 9.73 Å². The van der Waals surface area contributed by atoms with Crippen LogP contribution in [0.15, 0.2) is 22.9 Å². The molecule has 0 spiro atoms. The van der Waals surface area contributed by atoms with Gasteiger partial charge >= 0.3 is 6.01 Å². The third-order valence-electron chi connectivity index (χ3n) is 2.20. The fourth-order valence-corrected chi connectivity index (χ4v) is 1.51. The van der Waals surface area contributed by atoms with Crippen LogP contribution in [0.1, 0.15) is 16.1 Å². The van der Waals surface area contributed by atoms with Crippen LogP contribution in [-0.4, -0.2) is 22.9 Å². The van der Waals surface area contributed by atoms with E-state index in [1.54, 1.807) is 20.0 Å². The molecule has 0 bridgehead atoms. The van der Waals surface area contributed by atoms with Crippen molar-refractivity contribution in [3.05, 3.63) is 34.8 Å². The molecule has 0 saturated heterocycles. The molecule has 1 amide bonds. The van der Waals surface area contributed by atoms with Crippen molar-refractivity contribution in [2.24, 2.45) is 0 Å². The number of nitrogens with zero attached hydrogens (tertiary/aromatic N) is 2. The molecule has 0 saturated carbocycles. The number of amides is 1. The van der Waals surface area contributed by atoms with Crippen LogP contribution in [0.3, 0.4) is 0 Å². The molecule has 0 radical (unpaired) electrons. The summed E-state index contributed by atoms with van der Waals surface area (Å²) in [7, 11) is 1.70. The Labute approximate surface area is 108 Å². The van der Waals surface area contributed by atoms with Gasteiger partial charge in [-0.3, -0.25) is 10.1 Å². The summed E-state index contributed by atoms with van der Waals surface area (Å²) >= 11 is 5.92. The first-order valence-electron chi connectivity index (χ1n) is 5.17. The van der Waals surface area contributed by atoms with Gasteiger partial charge in [0, 0.05) is 13.2 Å². The number of carbonyl (C=O) groups is 1. The van der Waals surface area contributed by atoms with Crippen LogP contribution in [-0.2, 0) is 0 Å². The van der Waals surface area contributed by atoms with Gasteiger partial charge in [-0.05, 0) is 13.0 Å². The van der Waals surface area contributed by atoms with Crippen LogP contribution in [0.2, 0.25) is 5.02 Å². The number of hydrogen-bond acceptors (Lipinski definition) is 5. The van der Waals surface area contributed by atoms with E-state index in [1.807, 2.05) is 0 Å². The normalized spacial score (nSPS) is 10.2. The van der Waals surface area contributed by atoms with E-state index in [0.717, 1.165) is 0 Å². The summed E-state index contributed by atoms with van der Waals surface area (Å²) in [5, 5.41) is 5.60. The van der Waals surface area contributed by atoms with Gasteiger partial charge in [0.25, 0.3) is 5.91 Å². The molecule has 18 heavy (non-hydrogen) atoms. The fraction of sp³-hybridized carbons (Fsp3) is 0.182. The number of pyridine rings is 1. The Morgan fingerprint density at radius 3 is 2.89 bits per heavy atom. The second kappa shape index (κ2) is 5.05. The van der Waals surface area contributed by atoms with Crippen molar-refractivity contribution in [3.63, 3.8) is 0 Å². The lowest BCUT2D eigenvalue weighted by Gasteiger charge is -2.05. The van der Waals surface area contributed by atoms with Crippen LogP contribution in [0.4, 0.5) is 11.8 Å². The van der Waals surface area contributed by atoms with E-state index >= 15 is 0 Å². The first-order chi connectivity index (χ1) is 8.60. The lowest BCUT2D eigenvalue weighted by atomic mass is 10.2. The van der Waals surface area contributed by atoms with Crippen molar-refractivity contribution in [2.45, 2.75) is 6.92 Å². The Balaban J connectivity index is 2.23. The molecule has 6 nitrogen and oxygen atoms in total. The zero-order chi connectivity index (χ0) is 13.1. The minimum absolute atomic E-state index is 0.136. The molecule has 0 atom stereocenters. The van der Waals surface area contributed by atoms with Crippen LogP contribution in [0.25, 0.3) is 0 Å². The molecule has 94 valence electrons. The van der Waals surface area contributed by atoms with Crippen molar-refractivity contribution in [1.82, 2.24) is 9.97 Å². The number of halogens is 1. The van der Waals surface area contributed by atoms with Crippen LogP contribution < -0.4 is 10.6 Å². The Hall–Kier alpha value is -2.08. The standard InChI is InChI=1S/C11H11ClN4O2/c1-6-5-18-11(15-6)16-10(17)7-3-9(13-2)14-4-8(7)12/h3-5H,1-2H3,(H,13,14)(H,15,16,17). The molecule has 2 rings (SSSR count). The first kappa shape index (κ1) is 12.4. The van der Waals surface area contributed by atoms with E-state index < -0.39 is 5.91 Å². The highest BCUT2D eigenvalue weighted by atomic mass is 35.5. The van der Waals surface area contributed by atoms with Crippen LogP contribution >= 0.6 is 11.6 Å². The SMILES string of the molecule is CNc1cc(C(=O)Nc2nc(C)co2)c(Cl)cn1. The molecule has 0 aromatic carbocycles. The maximum Gasteiger partial charge on any atom is 0.301 e. The van der Waals surface area contributed by atoms with E-state index in [-0.39, 0.29) is 11.0 Å². The van der Waals surface area contributed by atoms with Crippen molar-refractivity contribution in [1.29, 1.82) is 0 Å². The van der Waals surface area contributed by atoms with E-state index in [9.17, 15) is 4.79 Å². The quantitative estimate of drug-likeness (QED) is 0.891. The Morgan fingerprint density at radius 2 is 2.28 bits per heavy atom. The summed E-state index contributed by atoms with van der Waals surface area (Å²) < 4.78 is 5.04. The molecule has 7 heteroatoms. The van der Waals surface area contributed by atoms with Gasteiger partial charge in [0.2, 0.25) is 0 Å². The predicted octanol–water partition coefficient (Wildman–Crippen LogP) is 2.33. The predicted molar refractivity (Wildman–Crippen MR) is 68.0 cm³/mol. The highest BCUT2D eigenvalue weighted by Gasteiger charge is 2.14. The zero-order valence-corrected chi connectivity index (χ0v) is 10.6. The molecule has 0 aliphatic heterocycles. The number of aryl methyl sites for hydroxylation is 1. The molecule has 0 aliphatic rings. The summed E-state index contributed by atoms with van der Waals surface area (Å²) in [6.45, 7) is 1.76. The molecular formula is C11H11ClN4O2. The summed E-state index contributed by atoms with van der Waals surface area (Å²) in [6.07, 6.45) is 2.85. The largest absolute Gasteiger partial charge is 0.432 e. The number of aromatic nitrogens is 2. The summed E-state index contributed by atoms with van der Waals surface area (Å²) in [4.78, 5) is 19.9. The number of oxazole rings is 1. The Morgan fingerprint density at radius 1 is 1.50 bits per heavy atom. The molecule has 2 heterocycles. The lowest BCUT2D eigenvalue weighted by Crippen LogP contribution is -2.13. The maximum absolute atomic E-state index is 12.0. The van der Waals surface area contributed by atoms with Crippen LogP contribution in [0, 0.1) is 6.92 Å². The monoisotopic (exact) mass is 266 g/mol. The smallest absolute Gasteiger partial charge is 0.301 e.